The van der Waals surface area contributed by atoms with E-state index in [4.69, 9.17) is 10.5 Å². The number of aryl methyl sites for hydroxylation is 1. The third kappa shape index (κ3) is 2.22. The van der Waals surface area contributed by atoms with E-state index in [0.29, 0.717) is 13.2 Å². The Bertz CT molecular complexity index is 617. The van der Waals surface area contributed by atoms with E-state index in [2.05, 4.69) is 6.07 Å². The van der Waals surface area contributed by atoms with Crippen molar-refractivity contribution >= 4 is 0 Å². The molecule has 3 heteroatoms. The first kappa shape index (κ1) is 12.2. The van der Waals surface area contributed by atoms with Crippen molar-refractivity contribution in [3.63, 3.8) is 0 Å². The van der Waals surface area contributed by atoms with Gasteiger partial charge in [0.15, 0.2) is 0 Å². The smallest absolute Gasteiger partial charge is 0.127 e. The van der Waals surface area contributed by atoms with Crippen LogP contribution in [0.4, 0.5) is 4.39 Å². The molecule has 1 aliphatic heterocycles. The minimum atomic E-state index is -0.207. The fraction of sp³-hybridized carbons (Fsp3) is 0.250. The largest absolute Gasteiger partial charge is 0.493 e. The zero-order chi connectivity index (χ0) is 13.4. The second kappa shape index (κ2) is 4.67. The molecule has 0 radical (unpaired) electrons. The van der Waals surface area contributed by atoms with Gasteiger partial charge in [-0.25, -0.2) is 4.39 Å². The average Bonchev–Trinajstić information content (AvgIpc) is 2.84. The Labute approximate surface area is 112 Å². The molecule has 0 aromatic heterocycles. The van der Waals surface area contributed by atoms with Crippen molar-refractivity contribution in [2.75, 3.05) is 6.61 Å². The maximum atomic E-state index is 13.5. The summed E-state index contributed by atoms with van der Waals surface area (Å²) in [4.78, 5) is 0. The predicted molar refractivity (Wildman–Crippen MR) is 73.7 cm³/mol. The summed E-state index contributed by atoms with van der Waals surface area (Å²) in [5.41, 5.74) is 10.7. The van der Waals surface area contributed by atoms with E-state index in [9.17, 15) is 4.39 Å². The van der Waals surface area contributed by atoms with Crippen LogP contribution in [0.1, 0.15) is 16.7 Å². The first-order valence-corrected chi connectivity index (χ1v) is 6.43. The lowest BCUT2D eigenvalue weighted by molar-refractivity contribution is 0.353. The van der Waals surface area contributed by atoms with Crippen molar-refractivity contribution < 1.29 is 9.13 Å². The van der Waals surface area contributed by atoms with Crippen molar-refractivity contribution in [1.82, 2.24) is 0 Å². The van der Waals surface area contributed by atoms with Crippen LogP contribution >= 0.6 is 0 Å². The van der Waals surface area contributed by atoms with Crippen LogP contribution in [0.2, 0.25) is 0 Å². The molecule has 19 heavy (non-hydrogen) atoms. The minimum absolute atomic E-state index is 0.207. The van der Waals surface area contributed by atoms with Crippen LogP contribution in [-0.2, 0) is 13.0 Å². The fourth-order valence-electron chi connectivity index (χ4n) is 2.61. The third-order valence-electron chi connectivity index (χ3n) is 3.46. The van der Waals surface area contributed by atoms with E-state index < -0.39 is 0 Å². The molecule has 98 valence electrons. The molecule has 0 amide bonds. The molecule has 0 saturated heterocycles. The van der Waals surface area contributed by atoms with Crippen LogP contribution in [-0.4, -0.2) is 6.61 Å². The van der Waals surface area contributed by atoms with Crippen molar-refractivity contribution in [2.45, 2.75) is 19.9 Å². The van der Waals surface area contributed by atoms with Crippen molar-refractivity contribution in [3.8, 4) is 16.9 Å². The van der Waals surface area contributed by atoms with E-state index >= 15 is 0 Å². The maximum absolute atomic E-state index is 13.5. The van der Waals surface area contributed by atoms with Gasteiger partial charge in [-0.15, -0.1) is 0 Å². The van der Waals surface area contributed by atoms with Gasteiger partial charge in [0.05, 0.1) is 6.61 Å². The van der Waals surface area contributed by atoms with E-state index in [1.165, 1.54) is 11.6 Å². The predicted octanol–water partition coefficient (Wildman–Crippen LogP) is 3.19. The Hall–Kier alpha value is -1.87. The third-order valence-corrected chi connectivity index (χ3v) is 3.46. The minimum Gasteiger partial charge on any atom is -0.493 e. The molecule has 0 saturated carbocycles. The Kier molecular flexibility index (Phi) is 2.99. The Morgan fingerprint density at radius 1 is 1.16 bits per heavy atom. The van der Waals surface area contributed by atoms with Crippen LogP contribution in [0.15, 0.2) is 30.3 Å². The average molecular weight is 257 g/mol. The number of rotatable bonds is 2. The van der Waals surface area contributed by atoms with Crippen LogP contribution in [0.5, 0.6) is 5.75 Å². The molecule has 0 spiro atoms. The highest BCUT2D eigenvalue weighted by Crippen LogP contribution is 2.34. The molecule has 0 bridgehead atoms. The Morgan fingerprint density at radius 2 is 1.95 bits per heavy atom. The highest BCUT2D eigenvalue weighted by Gasteiger charge is 2.17. The van der Waals surface area contributed by atoms with Gasteiger partial charge in [-0.1, -0.05) is 6.07 Å². The van der Waals surface area contributed by atoms with E-state index in [-0.39, 0.29) is 5.82 Å². The monoisotopic (exact) mass is 257 g/mol. The zero-order valence-electron chi connectivity index (χ0n) is 10.9. The van der Waals surface area contributed by atoms with Crippen LogP contribution in [0.25, 0.3) is 11.1 Å². The summed E-state index contributed by atoms with van der Waals surface area (Å²) >= 11 is 0. The van der Waals surface area contributed by atoms with Gasteiger partial charge >= 0.3 is 0 Å². The Morgan fingerprint density at radius 3 is 2.68 bits per heavy atom. The summed E-state index contributed by atoms with van der Waals surface area (Å²) in [6.07, 6.45) is 0.893. The van der Waals surface area contributed by atoms with E-state index in [1.54, 1.807) is 6.07 Å². The maximum Gasteiger partial charge on any atom is 0.127 e. The number of halogens is 1. The molecule has 0 aliphatic carbocycles. The van der Waals surface area contributed by atoms with Crippen molar-refractivity contribution in [3.05, 3.63) is 52.8 Å². The normalized spacial score (nSPS) is 13.2. The highest BCUT2D eigenvalue weighted by molar-refractivity contribution is 5.68. The van der Waals surface area contributed by atoms with Gasteiger partial charge in [0.1, 0.15) is 11.6 Å². The summed E-state index contributed by atoms with van der Waals surface area (Å²) in [5, 5.41) is 0. The van der Waals surface area contributed by atoms with Crippen molar-refractivity contribution in [1.29, 1.82) is 0 Å². The summed E-state index contributed by atoms with van der Waals surface area (Å²) in [6.45, 7) is 3.03. The quantitative estimate of drug-likeness (QED) is 0.896. The first-order chi connectivity index (χ1) is 9.17. The van der Waals surface area contributed by atoms with Crippen LogP contribution < -0.4 is 10.5 Å². The number of hydrogen-bond acceptors (Lipinski definition) is 2. The van der Waals surface area contributed by atoms with Gasteiger partial charge in [-0.2, -0.15) is 0 Å². The lowest BCUT2D eigenvalue weighted by Gasteiger charge is -2.10. The second-order valence-electron chi connectivity index (χ2n) is 4.94. The molecule has 2 N–H and O–H groups in total. The van der Waals surface area contributed by atoms with Crippen LogP contribution in [0.3, 0.4) is 0 Å². The van der Waals surface area contributed by atoms with Gasteiger partial charge in [-0.05, 0) is 53.4 Å². The topological polar surface area (TPSA) is 35.2 Å². The van der Waals surface area contributed by atoms with Gasteiger partial charge < -0.3 is 10.5 Å². The van der Waals surface area contributed by atoms with Crippen molar-refractivity contribution in [2.24, 2.45) is 5.73 Å². The molecular weight excluding hydrogens is 241 g/mol. The molecule has 0 fully saturated rings. The number of fused-ring (bicyclic) bond motifs is 1. The molecule has 0 unspecified atom stereocenters. The van der Waals surface area contributed by atoms with E-state index in [0.717, 1.165) is 34.4 Å². The number of hydrogen-bond donors (Lipinski definition) is 1. The zero-order valence-corrected chi connectivity index (χ0v) is 10.9. The van der Waals surface area contributed by atoms with Crippen LogP contribution in [0, 0.1) is 12.7 Å². The molecule has 1 heterocycles. The van der Waals surface area contributed by atoms with E-state index in [1.807, 2.05) is 19.1 Å². The molecule has 3 rings (SSSR count). The molecule has 2 aromatic carbocycles. The van der Waals surface area contributed by atoms with Gasteiger partial charge in [0.25, 0.3) is 0 Å². The molecule has 2 aromatic rings. The number of benzene rings is 2. The molecule has 2 nitrogen and oxygen atoms in total. The summed E-state index contributed by atoms with van der Waals surface area (Å²) in [5.74, 6) is 0.709. The summed E-state index contributed by atoms with van der Waals surface area (Å²) in [7, 11) is 0. The van der Waals surface area contributed by atoms with Gasteiger partial charge in [0.2, 0.25) is 0 Å². The lowest BCUT2D eigenvalue weighted by Crippen LogP contribution is -2.00. The van der Waals surface area contributed by atoms with Gasteiger partial charge in [0, 0.05) is 18.5 Å². The first-order valence-electron chi connectivity index (χ1n) is 6.43. The number of ether oxygens (including phenoxy) is 1. The second-order valence-corrected chi connectivity index (χ2v) is 4.94. The summed E-state index contributed by atoms with van der Waals surface area (Å²) in [6, 6.07) is 9.16. The number of nitrogens with two attached hydrogens (primary N) is 1. The molecule has 1 aliphatic rings. The lowest BCUT2D eigenvalue weighted by atomic mass is 9.97. The summed E-state index contributed by atoms with van der Waals surface area (Å²) < 4.78 is 19.1. The standard InChI is InChI=1S/C16H16FNO/c1-10-4-12(8-15(17)5-10)13-6-11-2-3-19-16(11)14(7-13)9-18/h4-8H,2-3,9,18H2,1H3. The fourth-order valence-corrected chi connectivity index (χ4v) is 2.61. The highest BCUT2D eigenvalue weighted by atomic mass is 19.1. The SMILES string of the molecule is Cc1cc(F)cc(-c2cc(CN)c3c(c2)CCO3)c1. The molecule has 0 atom stereocenters. The Balaban J connectivity index is 2.15. The molecular formula is C16H16FNO. The van der Waals surface area contributed by atoms with Gasteiger partial charge in [-0.3, -0.25) is 0 Å².